The van der Waals surface area contributed by atoms with Crippen molar-refractivity contribution in [3.63, 3.8) is 0 Å². The smallest absolute Gasteiger partial charge is 0.122 e. The van der Waals surface area contributed by atoms with Crippen LogP contribution in [-0.4, -0.2) is 6.54 Å². The highest BCUT2D eigenvalue weighted by Crippen LogP contribution is 2.18. The second-order valence-electron chi connectivity index (χ2n) is 5.90. The van der Waals surface area contributed by atoms with Crippen molar-refractivity contribution in [2.45, 2.75) is 33.9 Å². The van der Waals surface area contributed by atoms with Crippen molar-refractivity contribution in [2.24, 2.45) is 5.92 Å². The molecule has 0 saturated carbocycles. The molecular weight excluding hydrogens is 258 g/mol. The van der Waals surface area contributed by atoms with Crippen molar-refractivity contribution in [3.8, 4) is 5.75 Å². The summed E-state index contributed by atoms with van der Waals surface area (Å²) >= 11 is 0. The average molecular weight is 283 g/mol. The Hall–Kier alpha value is -1.80. The molecule has 0 amide bonds. The van der Waals surface area contributed by atoms with Crippen LogP contribution in [0, 0.1) is 12.8 Å². The fraction of sp³-hybridized carbons (Fsp3) is 0.368. The van der Waals surface area contributed by atoms with Gasteiger partial charge in [-0.2, -0.15) is 0 Å². The minimum absolute atomic E-state index is 0.614. The van der Waals surface area contributed by atoms with Crippen LogP contribution in [0.15, 0.2) is 48.5 Å². The monoisotopic (exact) mass is 283 g/mol. The van der Waals surface area contributed by atoms with Gasteiger partial charge in [0.15, 0.2) is 0 Å². The molecule has 0 aliphatic rings. The van der Waals surface area contributed by atoms with Gasteiger partial charge in [0, 0.05) is 6.54 Å². The van der Waals surface area contributed by atoms with Crippen molar-refractivity contribution in [1.29, 1.82) is 0 Å². The van der Waals surface area contributed by atoms with Gasteiger partial charge in [-0.1, -0.05) is 56.3 Å². The predicted molar refractivity (Wildman–Crippen MR) is 88.5 cm³/mol. The molecule has 0 aliphatic carbocycles. The average Bonchev–Trinajstić information content (AvgIpc) is 2.46. The zero-order chi connectivity index (χ0) is 15.1. The first-order valence-corrected chi connectivity index (χ1v) is 7.62. The van der Waals surface area contributed by atoms with E-state index in [1.807, 2.05) is 18.2 Å². The van der Waals surface area contributed by atoms with E-state index in [9.17, 15) is 0 Å². The normalized spacial score (nSPS) is 10.9. The first-order chi connectivity index (χ1) is 10.1. The molecule has 0 aliphatic heterocycles. The summed E-state index contributed by atoms with van der Waals surface area (Å²) in [6.45, 7) is 9.09. The van der Waals surface area contributed by atoms with Crippen LogP contribution in [0.1, 0.15) is 30.5 Å². The van der Waals surface area contributed by atoms with Gasteiger partial charge in [0.05, 0.1) is 0 Å². The summed E-state index contributed by atoms with van der Waals surface area (Å²) in [7, 11) is 0. The molecule has 2 aromatic carbocycles. The number of hydrogen-bond acceptors (Lipinski definition) is 2. The summed E-state index contributed by atoms with van der Waals surface area (Å²) in [4.78, 5) is 0. The molecule has 0 heterocycles. The molecule has 2 nitrogen and oxygen atoms in total. The van der Waals surface area contributed by atoms with Crippen LogP contribution in [0.2, 0.25) is 0 Å². The van der Waals surface area contributed by atoms with Crippen LogP contribution in [0.4, 0.5) is 0 Å². The molecule has 0 bridgehead atoms. The first-order valence-electron chi connectivity index (χ1n) is 7.62. The summed E-state index contributed by atoms with van der Waals surface area (Å²) in [5.74, 6) is 1.64. The molecule has 0 saturated heterocycles. The highest BCUT2D eigenvalue weighted by molar-refractivity contribution is 5.32. The van der Waals surface area contributed by atoms with Gasteiger partial charge in [-0.05, 0) is 42.1 Å². The minimum atomic E-state index is 0.614. The summed E-state index contributed by atoms with van der Waals surface area (Å²) in [6.07, 6.45) is 0. The highest BCUT2D eigenvalue weighted by Gasteiger charge is 2.01. The minimum Gasteiger partial charge on any atom is -0.489 e. The van der Waals surface area contributed by atoms with Gasteiger partial charge >= 0.3 is 0 Å². The van der Waals surface area contributed by atoms with Crippen LogP contribution in [0.3, 0.4) is 0 Å². The van der Waals surface area contributed by atoms with E-state index in [0.717, 1.165) is 18.8 Å². The number of para-hydroxylation sites is 1. The largest absolute Gasteiger partial charge is 0.489 e. The number of ether oxygens (including phenoxy) is 1. The van der Waals surface area contributed by atoms with E-state index in [1.54, 1.807) is 0 Å². The Kier molecular flexibility index (Phi) is 5.82. The Bertz CT molecular complexity index is 563. The molecule has 1 N–H and O–H groups in total. The van der Waals surface area contributed by atoms with Crippen LogP contribution in [-0.2, 0) is 13.2 Å². The predicted octanol–water partition coefficient (Wildman–Crippen LogP) is 4.32. The molecule has 21 heavy (non-hydrogen) atoms. The molecule has 0 fully saturated rings. The molecule has 0 radical (unpaired) electrons. The Morgan fingerprint density at radius 2 is 1.76 bits per heavy atom. The van der Waals surface area contributed by atoms with Crippen LogP contribution in [0.25, 0.3) is 0 Å². The van der Waals surface area contributed by atoms with E-state index in [4.69, 9.17) is 4.74 Å². The third-order valence-electron chi connectivity index (χ3n) is 3.36. The van der Waals surface area contributed by atoms with E-state index in [0.29, 0.717) is 12.5 Å². The second kappa shape index (κ2) is 7.84. The number of hydrogen-bond donors (Lipinski definition) is 1. The first kappa shape index (κ1) is 15.6. The second-order valence-corrected chi connectivity index (χ2v) is 5.90. The molecule has 0 unspecified atom stereocenters. The Balaban J connectivity index is 1.90. The molecule has 2 rings (SSSR count). The summed E-state index contributed by atoms with van der Waals surface area (Å²) in [6, 6.07) is 16.7. The van der Waals surface area contributed by atoms with Crippen molar-refractivity contribution in [3.05, 3.63) is 65.2 Å². The maximum Gasteiger partial charge on any atom is 0.122 e. The quantitative estimate of drug-likeness (QED) is 0.817. The maximum absolute atomic E-state index is 5.90. The van der Waals surface area contributed by atoms with Crippen LogP contribution >= 0.6 is 0 Å². The summed E-state index contributed by atoms with van der Waals surface area (Å²) in [5, 5.41) is 3.47. The molecule has 0 atom stereocenters. The van der Waals surface area contributed by atoms with E-state index >= 15 is 0 Å². The van der Waals surface area contributed by atoms with E-state index in [2.05, 4.69) is 56.4 Å². The lowest BCUT2D eigenvalue weighted by Gasteiger charge is -2.11. The van der Waals surface area contributed by atoms with Crippen molar-refractivity contribution >= 4 is 0 Å². The van der Waals surface area contributed by atoms with Crippen molar-refractivity contribution in [1.82, 2.24) is 5.32 Å². The lowest BCUT2D eigenvalue weighted by molar-refractivity contribution is 0.304. The molecule has 112 valence electrons. The van der Waals surface area contributed by atoms with Crippen molar-refractivity contribution < 1.29 is 4.74 Å². The molecular formula is C19H25NO. The standard InChI is InChI=1S/C19H25NO/c1-15(2)12-20-13-17-8-6-9-18(11-17)14-21-19-10-5-4-7-16(19)3/h4-11,15,20H,12-14H2,1-3H3. The molecule has 2 heteroatoms. The van der Waals surface area contributed by atoms with Gasteiger partial charge < -0.3 is 10.1 Å². The topological polar surface area (TPSA) is 21.3 Å². The van der Waals surface area contributed by atoms with Gasteiger partial charge in [0.25, 0.3) is 0 Å². The van der Waals surface area contributed by atoms with E-state index in [1.165, 1.54) is 16.7 Å². The zero-order valence-corrected chi connectivity index (χ0v) is 13.2. The summed E-state index contributed by atoms with van der Waals surface area (Å²) in [5.41, 5.74) is 3.69. The third-order valence-corrected chi connectivity index (χ3v) is 3.36. The van der Waals surface area contributed by atoms with Gasteiger partial charge in [0.1, 0.15) is 12.4 Å². The Morgan fingerprint density at radius 1 is 1.00 bits per heavy atom. The van der Waals surface area contributed by atoms with Gasteiger partial charge in [0.2, 0.25) is 0 Å². The Morgan fingerprint density at radius 3 is 2.52 bits per heavy atom. The fourth-order valence-corrected chi connectivity index (χ4v) is 2.21. The van der Waals surface area contributed by atoms with E-state index < -0.39 is 0 Å². The highest BCUT2D eigenvalue weighted by atomic mass is 16.5. The summed E-state index contributed by atoms with van der Waals surface area (Å²) < 4.78 is 5.90. The SMILES string of the molecule is Cc1ccccc1OCc1cccc(CNCC(C)C)c1. The number of rotatable bonds is 7. The van der Waals surface area contributed by atoms with Crippen LogP contribution < -0.4 is 10.1 Å². The van der Waals surface area contributed by atoms with Gasteiger partial charge in [-0.15, -0.1) is 0 Å². The number of aryl methyl sites for hydroxylation is 1. The van der Waals surface area contributed by atoms with Crippen LogP contribution in [0.5, 0.6) is 5.75 Å². The molecule has 0 aromatic heterocycles. The van der Waals surface area contributed by atoms with Gasteiger partial charge in [-0.3, -0.25) is 0 Å². The lowest BCUT2D eigenvalue weighted by Crippen LogP contribution is -2.19. The van der Waals surface area contributed by atoms with E-state index in [-0.39, 0.29) is 0 Å². The molecule has 0 spiro atoms. The Labute approximate surface area is 128 Å². The maximum atomic E-state index is 5.90. The number of nitrogens with one attached hydrogen (secondary N) is 1. The van der Waals surface area contributed by atoms with Gasteiger partial charge in [-0.25, -0.2) is 0 Å². The fourth-order valence-electron chi connectivity index (χ4n) is 2.21. The third kappa shape index (κ3) is 5.24. The van der Waals surface area contributed by atoms with Crippen molar-refractivity contribution in [2.75, 3.05) is 6.54 Å². The number of benzene rings is 2. The lowest BCUT2D eigenvalue weighted by atomic mass is 10.1. The zero-order valence-electron chi connectivity index (χ0n) is 13.2. The molecule has 2 aromatic rings.